The number of phosphoric acid groups is 1. The summed E-state index contributed by atoms with van der Waals surface area (Å²) in [6, 6.07) is 6.16. The average molecular weight is 312 g/mol. The first-order valence-electron chi connectivity index (χ1n) is 7.61. The zero-order valence-corrected chi connectivity index (χ0v) is 13.9. The van der Waals surface area contributed by atoms with Crippen LogP contribution >= 0.6 is 7.82 Å². The number of aryl methyl sites for hydroxylation is 1. The number of hydrogen-bond acceptors (Lipinski definition) is 2. The maximum atomic E-state index is 11.5. The second kappa shape index (κ2) is 6.21. The Balaban J connectivity index is 2.44. The van der Waals surface area contributed by atoms with Gasteiger partial charge in [0.25, 0.3) is 0 Å². The van der Waals surface area contributed by atoms with E-state index in [9.17, 15) is 14.4 Å². The van der Waals surface area contributed by atoms with Crippen LogP contribution in [0.4, 0.5) is 0 Å². The van der Waals surface area contributed by atoms with Crippen molar-refractivity contribution in [2.24, 2.45) is 0 Å². The van der Waals surface area contributed by atoms with Gasteiger partial charge in [0.15, 0.2) is 0 Å². The van der Waals surface area contributed by atoms with Crippen molar-refractivity contribution < 1.29 is 18.9 Å². The molecule has 5 heteroatoms. The van der Waals surface area contributed by atoms with Crippen molar-refractivity contribution in [2.45, 2.75) is 64.4 Å². The molecule has 1 aromatic carbocycles. The summed E-state index contributed by atoms with van der Waals surface area (Å²) in [5.41, 5.74) is 2.86. The van der Waals surface area contributed by atoms with Gasteiger partial charge in [-0.05, 0) is 56.2 Å². The zero-order chi connectivity index (χ0) is 15.7. The molecule has 0 spiro atoms. The van der Waals surface area contributed by atoms with E-state index in [1.54, 1.807) is 0 Å². The number of rotatable bonds is 5. The molecule has 21 heavy (non-hydrogen) atoms. The highest BCUT2D eigenvalue weighted by atomic mass is 31.2. The van der Waals surface area contributed by atoms with Crippen LogP contribution in [0.3, 0.4) is 0 Å². The molecule has 0 saturated heterocycles. The van der Waals surface area contributed by atoms with E-state index >= 15 is 0 Å². The van der Waals surface area contributed by atoms with Crippen molar-refractivity contribution in [3.8, 4) is 0 Å². The van der Waals surface area contributed by atoms with Crippen LogP contribution in [-0.2, 0) is 9.09 Å². The molecule has 1 aromatic rings. The molecule has 1 aliphatic carbocycles. The van der Waals surface area contributed by atoms with Gasteiger partial charge in [-0.25, -0.2) is 4.57 Å². The first-order chi connectivity index (χ1) is 9.79. The van der Waals surface area contributed by atoms with E-state index in [0.29, 0.717) is 12.8 Å². The van der Waals surface area contributed by atoms with Crippen LogP contribution in [0.1, 0.15) is 61.6 Å². The number of hydrogen-bond donors (Lipinski definition) is 2. The predicted octanol–water partition coefficient (Wildman–Crippen LogP) is 4.22. The van der Waals surface area contributed by atoms with Crippen molar-refractivity contribution in [2.75, 3.05) is 0 Å². The van der Waals surface area contributed by atoms with Crippen LogP contribution < -0.4 is 0 Å². The second-order valence-electron chi connectivity index (χ2n) is 6.13. The minimum Gasteiger partial charge on any atom is -0.303 e. The van der Waals surface area contributed by atoms with Gasteiger partial charge in [-0.15, -0.1) is 0 Å². The lowest BCUT2D eigenvalue weighted by atomic mass is 9.79. The van der Waals surface area contributed by atoms with E-state index in [-0.39, 0.29) is 5.92 Å². The maximum absolute atomic E-state index is 11.5. The Kier molecular flexibility index (Phi) is 4.94. The third-order valence-electron chi connectivity index (χ3n) is 4.72. The van der Waals surface area contributed by atoms with E-state index in [1.807, 2.05) is 13.0 Å². The molecule has 2 rings (SSSR count). The van der Waals surface area contributed by atoms with Gasteiger partial charge in [0.2, 0.25) is 0 Å². The molecule has 2 N–H and O–H groups in total. The summed E-state index contributed by atoms with van der Waals surface area (Å²) in [6.45, 7) is 6.18. The molecule has 2 unspecified atom stereocenters. The zero-order valence-electron chi connectivity index (χ0n) is 13.0. The van der Waals surface area contributed by atoms with Crippen LogP contribution in [0.5, 0.6) is 0 Å². The molecule has 1 fully saturated rings. The molecule has 4 nitrogen and oxygen atoms in total. The van der Waals surface area contributed by atoms with Crippen molar-refractivity contribution in [3.63, 3.8) is 0 Å². The first-order valence-corrected chi connectivity index (χ1v) is 9.14. The quantitative estimate of drug-likeness (QED) is 0.799. The fourth-order valence-electron chi connectivity index (χ4n) is 3.75. The molecule has 0 radical (unpaired) electrons. The third kappa shape index (κ3) is 3.57. The lowest BCUT2D eigenvalue weighted by Crippen LogP contribution is -2.34. The smallest absolute Gasteiger partial charge is 0.303 e. The van der Waals surface area contributed by atoms with Gasteiger partial charge in [0.05, 0.1) is 5.60 Å². The van der Waals surface area contributed by atoms with Gasteiger partial charge in [0.1, 0.15) is 0 Å². The summed E-state index contributed by atoms with van der Waals surface area (Å²) in [7, 11) is -4.49. The molecule has 2 atom stereocenters. The van der Waals surface area contributed by atoms with Crippen LogP contribution in [0.15, 0.2) is 18.2 Å². The normalized spacial score (nSPS) is 26.2. The first kappa shape index (κ1) is 16.7. The standard InChI is InChI=1S/C16H25O4P/c1-4-10-16(20-21(17,18)19)11-6-9-15(16)14-8-5-7-12(2)13(14)3/h5,7-8,15H,4,6,9-11H2,1-3H3,(H2,17,18,19). The average Bonchev–Trinajstić information content (AvgIpc) is 2.74. The summed E-state index contributed by atoms with van der Waals surface area (Å²) in [5, 5.41) is 0. The predicted molar refractivity (Wildman–Crippen MR) is 83.3 cm³/mol. The van der Waals surface area contributed by atoms with Crippen LogP contribution in [0.25, 0.3) is 0 Å². The van der Waals surface area contributed by atoms with Gasteiger partial charge in [0, 0.05) is 5.92 Å². The highest BCUT2D eigenvalue weighted by Crippen LogP contribution is 2.56. The van der Waals surface area contributed by atoms with Crippen molar-refractivity contribution in [1.29, 1.82) is 0 Å². The minimum atomic E-state index is -4.49. The molecule has 0 aromatic heterocycles. The van der Waals surface area contributed by atoms with Gasteiger partial charge in [-0.2, -0.15) is 0 Å². The molecule has 0 amide bonds. The Morgan fingerprint density at radius 3 is 2.71 bits per heavy atom. The molecular formula is C16H25O4P. The summed E-state index contributed by atoms with van der Waals surface area (Å²) >= 11 is 0. The summed E-state index contributed by atoms with van der Waals surface area (Å²) in [5.74, 6) is 0.0602. The lowest BCUT2D eigenvalue weighted by Gasteiger charge is -2.36. The van der Waals surface area contributed by atoms with Crippen LogP contribution in [0.2, 0.25) is 0 Å². The molecular weight excluding hydrogens is 287 g/mol. The largest absolute Gasteiger partial charge is 0.470 e. The molecule has 0 aliphatic heterocycles. The van der Waals surface area contributed by atoms with E-state index < -0.39 is 13.4 Å². The number of benzene rings is 1. The topological polar surface area (TPSA) is 66.8 Å². The maximum Gasteiger partial charge on any atom is 0.470 e. The van der Waals surface area contributed by atoms with Gasteiger partial charge in [-0.3, -0.25) is 4.52 Å². The van der Waals surface area contributed by atoms with E-state index in [4.69, 9.17) is 4.52 Å². The van der Waals surface area contributed by atoms with Crippen molar-refractivity contribution in [3.05, 3.63) is 34.9 Å². The Morgan fingerprint density at radius 1 is 1.38 bits per heavy atom. The van der Waals surface area contributed by atoms with Gasteiger partial charge < -0.3 is 9.79 Å². The summed E-state index contributed by atoms with van der Waals surface area (Å²) in [4.78, 5) is 18.7. The molecule has 0 heterocycles. The molecule has 118 valence electrons. The SMILES string of the molecule is CCCC1(OP(=O)(O)O)CCCC1c1cccc(C)c1C. The van der Waals surface area contributed by atoms with Crippen molar-refractivity contribution >= 4 is 7.82 Å². The summed E-state index contributed by atoms with van der Waals surface area (Å²) < 4.78 is 16.8. The van der Waals surface area contributed by atoms with E-state index in [2.05, 4.69) is 26.0 Å². The molecule has 1 aliphatic rings. The van der Waals surface area contributed by atoms with Crippen molar-refractivity contribution in [1.82, 2.24) is 0 Å². The van der Waals surface area contributed by atoms with Gasteiger partial charge >= 0.3 is 7.82 Å². The monoisotopic (exact) mass is 312 g/mol. The fourth-order valence-corrected chi connectivity index (χ4v) is 4.53. The lowest BCUT2D eigenvalue weighted by molar-refractivity contribution is 0.0167. The Labute approximate surface area is 126 Å². The third-order valence-corrected chi connectivity index (χ3v) is 5.33. The highest BCUT2D eigenvalue weighted by Gasteiger charge is 2.48. The second-order valence-corrected chi connectivity index (χ2v) is 7.29. The van der Waals surface area contributed by atoms with E-state index in [0.717, 1.165) is 19.3 Å². The number of phosphoric ester groups is 1. The van der Waals surface area contributed by atoms with Gasteiger partial charge in [-0.1, -0.05) is 31.5 Å². The Hall–Kier alpha value is -0.670. The molecule has 0 bridgehead atoms. The Morgan fingerprint density at radius 2 is 2.10 bits per heavy atom. The molecule has 1 saturated carbocycles. The van der Waals surface area contributed by atoms with E-state index in [1.165, 1.54) is 16.7 Å². The van der Waals surface area contributed by atoms with Crippen LogP contribution in [-0.4, -0.2) is 15.4 Å². The van der Waals surface area contributed by atoms with Crippen LogP contribution in [0, 0.1) is 13.8 Å². The summed E-state index contributed by atoms with van der Waals surface area (Å²) in [6.07, 6.45) is 4.10. The minimum absolute atomic E-state index is 0.0602. The Bertz CT molecular complexity index is 551. The fraction of sp³-hybridized carbons (Fsp3) is 0.625. The highest BCUT2D eigenvalue weighted by molar-refractivity contribution is 7.46.